The Bertz CT molecular complexity index is 860. The number of nitrogens with zero attached hydrogens (tertiary/aromatic N) is 1. The van der Waals surface area contributed by atoms with Gasteiger partial charge >= 0.3 is 0 Å². The smallest absolute Gasteiger partial charge is 0.131 e. The maximum Gasteiger partial charge on any atom is 0.131 e. The summed E-state index contributed by atoms with van der Waals surface area (Å²) in [6, 6.07) is 12.0. The molecule has 0 bridgehead atoms. The zero-order chi connectivity index (χ0) is 20.8. The lowest BCUT2D eigenvalue weighted by Crippen LogP contribution is -2.37. The van der Waals surface area contributed by atoms with Gasteiger partial charge in [-0.3, -0.25) is 4.90 Å². The van der Waals surface area contributed by atoms with Crippen molar-refractivity contribution in [3.63, 3.8) is 0 Å². The third kappa shape index (κ3) is 4.37. The molecule has 0 amide bonds. The van der Waals surface area contributed by atoms with Gasteiger partial charge in [0.15, 0.2) is 0 Å². The molecule has 0 spiro atoms. The zero-order valence-corrected chi connectivity index (χ0v) is 17.8. The van der Waals surface area contributed by atoms with Gasteiger partial charge in [0.2, 0.25) is 0 Å². The molecule has 2 aromatic rings. The van der Waals surface area contributed by atoms with Crippen molar-refractivity contribution in [2.24, 2.45) is 0 Å². The number of unbranched alkanes of at least 4 members (excludes halogenated alkanes) is 1. The van der Waals surface area contributed by atoms with Crippen molar-refractivity contribution in [2.75, 3.05) is 46.1 Å². The van der Waals surface area contributed by atoms with Crippen molar-refractivity contribution in [1.29, 1.82) is 0 Å². The van der Waals surface area contributed by atoms with Gasteiger partial charge in [-0.1, -0.05) is 37.6 Å². The van der Waals surface area contributed by atoms with Crippen molar-refractivity contribution >= 4 is 6.29 Å². The number of aldehydes is 1. The minimum atomic E-state index is -0.262. The van der Waals surface area contributed by atoms with Crippen LogP contribution in [0.1, 0.15) is 43.2 Å². The topological polar surface area (TPSA) is 48.0 Å². The molecule has 1 atom stereocenters. The van der Waals surface area contributed by atoms with Crippen LogP contribution in [-0.2, 0) is 9.53 Å². The highest BCUT2D eigenvalue weighted by molar-refractivity contribution is 5.93. The normalized spacial score (nSPS) is 18.0. The lowest BCUT2D eigenvalue weighted by atomic mass is 9.99. The number of hydrogen-bond donors (Lipinski definition) is 0. The monoisotopic (exact) mass is 409 g/mol. The molecule has 5 nitrogen and oxygen atoms in total. The summed E-state index contributed by atoms with van der Waals surface area (Å²) < 4.78 is 17.8. The highest BCUT2D eigenvalue weighted by atomic mass is 16.5. The Morgan fingerprint density at radius 2 is 1.57 bits per heavy atom. The van der Waals surface area contributed by atoms with E-state index in [0.717, 1.165) is 92.1 Å². The van der Waals surface area contributed by atoms with E-state index < -0.39 is 0 Å². The largest absolute Gasteiger partial charge is 0.493 e. The molecule has 1 unspecified atom stereocenters. The van der Waals surface area contributed by atoms with E-state index in [0.29, 0.717) is 13.2 Å². The molecule has 0 N–H and O–H groups in total. The van der Waals surface area contributed by atoms with E-state index in [1.807, 2.05) is 36.4 Å². The fraction of sp³-hybridized carbons (Fsp3) is 0.480. The first-order valence-corrected chi connectivity index (χ1v) is 11.1. The van der Waals surface area contributed by atoms with Gasteiger partial charge < -0.3 is 19.0 Å². The molecule has 1 aliphatic heterocycles. The van der Waals surface area contributed by atoms with E-state index in [1.165, 1.54) is 0 Å². The molecule has 1 fully saturated rings. The van der Waals surface area contributed by atoms with Gasteiger partial charge in [0.05, 0.1) is 32.3 Å². The SMILES string of the molecule is CCCCOc1cccc2c1-c1c(OCCCN3CCOCC3)cccc1C2C=O. The summed E-state index contributed by atoms with van der Waals surface area (Å²) in [6.07, 6.45) is 4.08. The van der Waals surface area contributed by atoms with Crippen LogP contribution in [0.5, 0.6) is 11.5 Å². The molecule has 4 rings (SSSR count). The number of carbonyl (C=O) groups excluding carboxylic acids is 1. The number of rotatable bonds is 10. The number of fused-ring (bicyclic) bond motifs is 3. The summed E-state index contributed by atoms with van der Waals surface area (Å²) in [5, 5.41) is 0. The Labute approximate surface area is 178 Å². The third-order valence-electron chi connectivity index (χ3n) is 5.91. The molecule has 2 aliphatic rings. The molecule has 30 heavy (non-hydrogen) atoms. The molecule has 160 valence electrons. The Morgan fingerprint density at radius 3 is 2.13 bits per heavy atom. The predicted molar refractivity (Wildman–Crippen MR) is 118 cm³/mol. The van der Waals surface area contributed by atoms with Crippen LogP contribution in [0.4, 0.5) is 0 Å². The van der Waals surface area contributed by atoms with Crippen LogP contribution in [-0.4, -0.2) is 57.2 Å². The van der Waals surface area contributed by atoms with E-state index in [1.54, 1.807) is 0 Å². The van der Waals surface area contributed by atoms with E-state index in [4.69, 9.17) is 14.2 Å². The molecular formula is C25H31NO4. The summed E-state index contributed by atoms with van der Waals surface area (Å²) in [4.78, 5) is 14.4. The Kier molecular flexibility index (Phi) is 7.03. The van der Waals surface area contributed by atoms with Crippen LogP contribution < -0.4 is 9.47 Å². The number of morpholine rings is 1. The molecule has 0 aromatic heterocycles. The summed E-state index contributed by atoms with van der Waals surface area (Å²) in [5.74, 6) is 1.42. The molecule has 1 saturated heterocycles. The fourth-order valence-corrected chi connectivity index (χ4v) is 4.33. The van der Waals surface area contributed by atoms with Crippen molar-refractivity contribution in [3.05, 3.63) is 47.5 Å². The zero-order valence-electron chi connectivity index (χ0n) is 17.8. The molecule has 2 aromatic carbocycles. The lowest BCUT2D eigenvalue weighted by Gasteiger charge is -2.26. The van der Waals surface area contributed by atoms with Crippen LogP contribution in [0.15, 0.2) is 36.4 Å². The van der Waals surface area contributed by atoms with Gasteiger partial charge in [-0.15, -0.1) is 0 Å². The first-order chi connectivity index (χ1) is 14.8. The molecule has 1 heterocycles. The Balaban J connectivity index is 1.54. The Morgan fingerprint density at radius 1 is 0.967 bits per heavy atom. The van der Waals surface area contributed by atoms with Crippen molar-refractivity contribution in [2.45, 2.75) is 32.1 Å². The standard InChI is InChI=1S/C25H31NO4/c1-2-3-14-29-22-9-4-7-19-21(18-27)20-8-5-10-23(25(20)24(19)22)30-15-6-11-26-12-16-28-17-13-26/h4-5,7-10,18,21H,2-3,6,11-17H2,1H3. The second-order valence-electron chi connectivity index (χ2n) is 7.91. The van der Waals surface area contributed by atoms with Crippen LogP contribution in [0, 0.1) is 0 Å². The molecule has 1 aliphatic carbocycles. The van der Waals surface area contributed by atoms with Crippen LogP contribution in [0.3, 0.4) is 0 Å². The van der Waals surface area contributed by atoms with Crippen molar-refractivity contribution < 1.29 is 19.0 Å². The van der Waals surface area contributed by atoms with Crippen LogP contribution >= 0.6 is 0 Å². The molecular weight excluding hydrogens is 378 g/mol. The average molecular weight is 410 g/mol. The van der Waals surface area contributed by atoms with Gasteiger partial charge in [0.25, 0.3) is 0 Å². The van der Waals surface area contributed by atoms with Crippen LogP contribution in [0.2, 0.25) is 0 Å². The van der Waals surface area contributed by atoms with Crippen molar-refractivity contribution in [1.82, 2.24) is 4.90 Å². The fourth-order valence-electron chi connectivity index (χ4n) is 4.33. The first-order valence-electron chi connectivity index (χ1n) is 11.1. The summed E-state index contributed by atoms with van der Waals surface area (Å²) in [5.41, 5.74) is 4.06. The Hall–Kier alpha value is -2.37. The second-order valence-corrected chi connectivity index (χ2v) is 7.91. The van der Waals surface area contributed by atoms with E-state index in [9.17, 15) is 4.79 Å². The second kappa shape index (κ2) is 10.1. The average Bonchev–Trinajstić information content (AvgIpc) is 3.12. The highest BCUT2D eigenvalue weighted by Gasteiger charge is 2.33. The van der Waals surface area contributed by atoms with E-state index >= 15 is 0 Å². The van der Waals surface area contributed by atoms with Gasteiger partial charge in [-0.25, -0.2) is 0 Å². The minimum Gasteiger partial charge on any atom is -0.493 e. The molecule has 0 radical (unpaired) electrons. The minimum absolute atomic E-state index is 0.262. The summed E-state index contributed by atoms with van der Waals surface area (Å²) >= 11 is 0. The maximum absolute atomic E-state index is 12.0. The maximum atomic E-state index is 12.0. The van der Waals surface area contributed by atoms with Gasteiger partial charge in [0, 0.05) is 30.8 Å². The van der Waals surface area contributed by atoms with Gasteiger partial charge in [-0.2, -0.15) is 0 Å². The lowest BCUT2D eigenvalue weighted by molar-refractivity contribution is -0.108. The first kappa shape index (κ1) is 20.9. The van der Waals surface area contributed by atoms with Crippen LogP contribution in [0.25, 0.3) is 11.1 Å². The molecule has 5 heteroatoms. The predicted octanol–water partition coefficient (Wildman–Crippen LogP) is 4.28. The van der Waals surface area contributed by atoms with E-state index in [2.05, 4.69) is 11.8 Å². The number of ether oxygens (including phenoxy) is 3. The number of hydrogen-bond acceptors (Lipinski definition) is 5. The molecule has 0 saturated carbocycles. The van der Waals surface area contributed by atoms with E-state index in [-0.39, 0.29) is 5.92 Å². The quantitative estimate of drug-likeness (QED) is 0.433. The van der Waals surface area contributed by atoms with Gasteiger partial charge in [-0.05, 0) is 36.1 Å². The third-order valence-corrected chi connectivity index (χ3v) is 5.91. The number of benzene rings is 2. The highest BCUT2D eigenvalue weighted by Crippen LogP contribution is 2.52. The van der Waals surface area contributed by atoms with Gasteiger partial charge in [0.1, 0.15) is 17.8 Å². The van der Waals surface area contributed by atoms with Crippen molar-refractivity contribution in [3.8, 4) is 22.6 Å². The number of carbonyl (C=O) groups is 1. The summed E-state index contributed by atoms with van der Waals surface area (Å²) in [6.45, 7) is 8.11. The summed E-state index contributed by atoms with van der Waals surface area (Å²) in [7, 11) is 0.